The van der Waals surface area contributed by atoms with Crippen molar-refractivity contribution < 1.29 is 15.0 Å². The van der Waals surface area contributed by atoms with Crippen molar-refractivity contribution in [1.29, 1.82) is 0 Å². The summed E-state index contributed by atoms with van der Waals surface area (Å²) in [4.78, 5) is 14.5. The number of para-hydroxylation sites is 1. The second-order valence-corrected chi connectivity index (χ2v) is 3.25. The van der Waals surface area contributed by atoms with Crippen LogP contribution in [0.5, 0.6) is 5.75 Å². The Balaban J connectivity index is 2.96. The second kappa shape index (κ2) is 4.59. The van der Waals surface area contributed by atoms with Crippen molar-refractivity contribution in [2.45, 2.75) is 19.9 Å². The number of nitrogens with zero attached hydrogens (tertiary/aromatic N) is 1. The van der Waals surface area contributed by atoms with Crippen molar-refractivity contribution in [2.24, 2.45) is 4.99 Å². The summed E-state index contributed by atoms with van der Waals surface area (Å²) in [6.45, 7) is 3.17. The Bertz CT molecular complexity index is 399. The van der Waals surface area contributed by atoms with Crippen molar-refractivity contribution in [2.75, 3.05) is 0 Å². The molecular formula is C11H13NO3. The smallest absolute Gasteiger partial charge is 0.349 e. The van der Waals surface area contributed by atoms with Gasteiger partial charge in [-0.15, -0.1) is 0 Å². The molecule has 0 bridgehead atoms. The summed E-state index contributed by atoms with van der Waals surface area (Å²) in [7, 11) is 0. The molecule has 1 aromatic carbocycles. The molecule has 0 fully saturated rings. The molecule has 1 atom stereocenters. The molecule has 0 amide bonds. The monoisotopic (exact) mass is 207 g/mol. The normalized spacial score (nSPS) is 13.6. The molecule has 0 aliphatic carbocycles. The van der Waals surface area contributed by atoms with Gasteiger partial charge in [-0.2, -0.15) is 0 Å². The highest BCUT2D eigenvalue weighted by molar-refractivity contribution is 6.34. The molecule has 2 N–H and O–H groups in total. The van der Waals surface area contributed by atoms with Crippen LogP contribution in [0.1, 0.15) is 25.5 Å². The third-order valence-corrected chi connectivity index (χ3v) is 2.08. The SMILES string of the molecule is CC(=N[C@H](C)c1ccccc1O)C(=O)O. The van der Waals surface area contributed by atoms with Crippen LogP contribution in [0, 0.1) is 0 Å². The maximum atomic E-state index is 10.6. The van der Waals surface area contributed by atoms with Gasteiger partial charge in [-0.1, -0.05) is 18.2 Å². The van der Waals surface area contributed by atoms with Crippen LogP contribution in [0.2, 0.25) is 0 Å². The summed E-state index contributed by atoms with van der Waals surface area (Å²) in [5, 5.41) is 18.2. The summed E-state index contributed by atoms with van der Waals surface area (Å²) in [6.07, 6.45) is 0. The van der Waals surface area contributed by atoms with Crippen LogP contribution in [0.25, 0.3) is 0 Å². The highest BCUT2D eigenvalue weighted by Gasteiger charge is 2.10. The Hall–Kier alpha value is -1.84. The van der Waals surface area contributed by atoms with Crippen LogP contribution >= 0.6 is 0 Å². The average Bonchev–Trinajstić information content (AvgIpc) is 2.18. The topological polar surface area (TPSA) is 69.9 Å². The Morgan fingerprint density at radius 3 is 2.53 bits per heavy atom. The zero-order valence-electron chi connectivity index (χ0n) is 8.64. The van der Waals surface area contributed by atoms with Crippen LogP contribution < -0.4 is 0 Å². The maximum absolute atomic E-state index is 10.6. The molecule has 1 rings (SSSR count). The van der Waals surface area contributed by atoms with Crippen LogP contribution in [0.4, 0.5) is 0 Å². The summed E-state index contributed by atoms with van der Waals surface area (Å²) in [5.41, 5.74) is 0.656. The lowest BCUT2D eigenvalue weighted by molar-refractivity contribution is -0.129. The van der Waals surface area contributed by atoms with Gasteiger partial charge in [0.2, 0.25) is 0 Å². The number of carbonyl (C=O) groups is 1. The quantitative estimate of drug-likeness (QED) is 0.745. The number of hydrogen-bond donors (Lipinski definition) is 2. The molecule has 0 spiro atoms. The Morgan fingerprint density at radius 2 is 2.00 bits per heavy atom. The van der Waals surface area contributed by atoms with E-state index in [-0.39, 0.29) is 17.5 Å². The fraction of sp³-hybridized carbons (Fsp3) is 0.273. The van der Waals surface area contributed by atoms with E-state index in [0.29, 0.717) is 5.56 Å². The van der Waals surface area contributed by atoms with Crippen molar-refractivity contribution in [3.63, 3.8) is 0 Å². The highest BCUT2D eigenvalue weighted by Crippen LogP contribution is 2.25. The molecule has 0 aromatic heterocycles. The predicted molar refractivity (Wildman–Crippen MR) is 57.3 cm³/mol. The van der Waals surface area contributed by atoms with E-state index in [1.54, 1.807) is 31.2 Å². The van der Waals surface area contributed by atoms with Crippen molar-refractivity contribution in [3.05, 3.63) is 29.8 Å². The molecule has 0 aliphatic rings. The first kappa shape index (κ1) is 11.2. The largest absolute Gasteiger partial charge is 0.508 e. The third-order valence-electron chi connectivity index (χ3n) is 2.08. The number of carboxylic acids is 1. The van der Waals surface area contributed by atoms with Crippen LogP contribution in [-0.4, -0.2) is 21.9 Å². The van der Waals surface area contributed by atoms with Gasteiger partial charge in [-0.05, 0) is 19.9 Å². The third kappa shape index (κ3) is 2.80. The molecule has 4 heteroatoms. The zero-order chi connectivity index (χ0) is 11.4. The molecule has 0 saturated heterocycles. The molecular weight excluding hydrogens is 194 g/mol. The number of benzene rings is 1. The fourth-order valence-electron chi connectivity index (χ4n) is 1.26. The van der Waals surface area contributed by atoms with E-state index in [1.807, 2.05) is 0 Å². The van der Waals surface area contributed by atoms with Crippen LogP contribution in [-0.2, 0) is 4.79 Å². The number of phenolic OH excluding ortho intramolecular Hbond substituents is 1. The first-order chi connectivity index (χ1) is 7.02. The first-order valence-corrected chi connectivity index (χ1v) is 4.58. The maximum Gasteiger partial charge on any atom is 0.349 e. The van der Waals surface area contributed by atoms with Gasteiger partial charge in [0.05, 0.1) is 6.04 Å². The van der Waals surface area contributed by atoms with Gasteiger partial charge in [0, 0.05) is 5.56 Å². The lowest BCUT2D eigenvalue weighted by atomic mass is 10.1. The van der Waals surface area contributed by atoms with E-state index in [2.05, 4.69) is 4.99 Å². The lowest BCUT2D eigenvalue weighted by Crippen LogP contribution is -2.09. The Labute approximate surface area is 87.9 Å². The summed E-state index contributed by atoms with van der Waals surface area (Å²) >= 11 is 0. The van der Waals surface area contributed by atoms with E-state index in [1.165, 1.54) is 6.92 Å². The molecule has 4 nitrogen and oxygen atoms in total. The van der Waals surface area contributed by atoms with Gasteiger partial charge in [0.25, 0.3) is 0 Å². The molecule has 0 heterocycles. The van der Waals surface area contributed by atoms with Gasteiger partial charge < -0.3 is 10.2 Å². The number of carboxylic acid groups (broad SMARTS) is 1. The molecule has 0 aliphatic heterocycles. The standard InChI is InChI=1S/C11H13NO3/c1-7(12-8(2)11(14)15)9-5-3-4-6-10(9)13/h3-7,13H,1-2H3,(H,14,15)/t7-/m1/s1. The van der Waals surface area contributed by atoms with Crippen molar-refractivity contribution in [1.82, 2.24) is 0 Å². The number of aliphatic imine (C=N–C) groups is 1. The molecule has 15 heavy (non-hydrogen) atoms. The minimum absolute atomic E-state index is 0.0331. The summed E-state index contributed by atoms with van der Waals surface area (Å²) in [5.74, 6) is -0.913. The number of aliphatic carboxylic acids is 1. The number of phenols is 1. The average molecular weight is 207 g/mol. The van der Waals surface area contributed by atoms with Gasteiger partial charge in [-0.25, -0.2) is 4.79 Å². The minimum Gasteiger partial charge on any atom is -0.508 e. The Morgan fingerprint density at radius 1 is 1.40 bits per heavy atom. The van der Waals surface area contributed by atoms with Crippen molar-refractivity contribution in [3.8, 4) is 5.75 Å². The fourth-order valence-corrected chi connectivity index (χ4v) is 1.26. The van der Waals surface area contributed by atoms with E-state index < -0.39 is 5.97 Å². The van der Waals surface area contributed by atoms with Gasteiger partial charge in [0.1, 0.15) is 11.5 Å². The highest BCUT2D eigenvalue weighted by atomic mass is 16.4. The van der Waals surface area contributed by atoms with Gasteiger partial charge in [0.15, 0.2) is 0 Å². The molecule has 0 unspecified atom stereocenters. The van der Waals surface area contributed by atoms with Gasteiger partial charge in [-0.3, -0.25) is 4.99 Å². The number of hydrogen-bond acceptors (Lipinski definition) is 3. The number of rotatable bonds is 3. The zero-order valence-corrected chi connectivity index (χ0v) is 8.64. The molecule has 0 saturated carbocycles. The minimum atomic E-state index is -1.04. The second-order valence-electron chi connectivity index (χ2n) is 3.25. The van der Waals surface area contributed by atoms with E-state index in [0.717, 1.165) is 0 Å². The Kier molecular flexibility index (Phi) is 3.44. The predicted octanol–water partition coefficient (Wildman–Crippen LogP) is 2.00. The van der Waals surface area contributed by atoms with E-state index in [9.17, 15) is 9.90 Å². The summed E-state index contributed by atoms with van der Waals surface area (Å²) < 4.78 is 0. The van der Waals surface area contributed by atoms with E-state index >= 15 is 0 Å². The van der Waals surface area contributed by atoms with Crippen LogP contribution in [0.15, 0.2) is 29.3 Å². The van der Waals surface area contributed by atoms with Crippen molar-refractivity contribution >= 4 is 11.7 Å². The van der Waals surface area contributed by atoms with Gasteiger partial charge >= 0.3 is 5.97 Å². The lowest BCUT2D eigenvalue weighted by Gasteiger charge is -2.09. The molecule has 0 radical (unpaired) electrons. The number of aromatic hydroxyl groups is 1. The first-order valence-electron chi connectivity index (χ1n) is 4.58. The van der Waals surface area contributed by atoms with Crippen LogP contribution in [0.3, 0.4) is 0 Å². The molecule has 1 aromatic rings. The summed E-state index contributed by atoms with van der Waals surface area (Å²) in [6, 6.07) is 6.40. The molecule has 80 valence electrons. The van der Waals surface area contributed by atoms with E-state index in [4.69, 9.17) is 5.11 Å².